The van der Waals surface area contributed by atoms with Crippen LogP contribution in [0, 0.1) is 20.8 Å². The zero-order valence-electron chi connectivity index (χ0n) is 48.8. The van der Waals surface area contributed by atoms with E-state index in [-0.39, 0.29) is 49.9 Å². The molecule has 4 N–H and O–H groups in total. The molecule has 0 radical (unpaired) electrons. The van der Waals surface area contributed by atoms with E-state index in [0.29, 0.717) is 29.9 Å². The molecule has 12 rings (SSSR count). The van der Waals surface area contributed by atoms with Crippen molar-refractivity contribution in [3.05, 3.63) is 159 Å². The molecule has 428 valence electrons. The van der Waals surface area contributed by atoms with Gasteiger partial charge in [0.1, 0.15) is 22.8 Å². The van der Waals surface area contributed by atoms with Crippen molar-refractivity contribution in [2.45, 2.75) is 136 Å². The molecule has 0 saturated carbocycles. The molecular weight excluding hydrogens is 1100 g/mol. The monoisotopic (exact) mass is 1170 g/mol. The number of carbonyl (C=O) groups excluding carboxylic acids is 2. The molecule has 13 heteroatoms. The first kappa shape index (κ1) is 58.4. The average molecular weight is 1170 g/mol. The van der Waals surface area contributed by atoms with Gasteiger partial charge in [-0.2, -0.15) is 0 Å². The van der Waals surface area contributed by atoms with Crippen LogP contribution in [0.2, 0.25) is 0 Å². The minimum Gasteiger partial charge on any atom is -0.496 e. The standard InChI is InChI=1S/C27H31NO5.C24H27NO3.C18H17BrO2/c1-16(2)33-26(31)27(4)9-8-25(30)28(27)14-19-11-18-7-6-17(3)10-21(18)23-12-20(15-29)24(32-5)13-22(19)23;1-14-5-6-16-17(9-14)18-10-15(13-26)21(28-3)11-19(18)20-12-25-8-4-7-24(25,2)23(27)22(16)20;1-11-3-4-12-6-13(9-19)16-8-18(21-2)14(10-20)7-17(16)15(12)5-11/h6-7,10-13,16,29H,8-9,14-15H2,1-5H3;5-6,9-11,23,26-27H,4,7-8,12-13H2,1-3H3;3-8,20H,9-10H2,1-2H3. The van der Waals surface area contributed by atoms with Crippen LogP contribution in [-0.2, 0) is 52.6 Å². The van der Waals surface area contributed by atoms with Gasteiger partial charge in [0.2, 0.25) is 5.91 Å². The van der Waals surface area contributed by atoms with Gasteiger partial charge in [0, 0.05) is 47.1 Å². The van der Waals surface area contributed by atoms with Crippen molar-refractivity contribution in [3.8, 4) is 17.2 Å². The number of rotatable bonds is 11. The van der Waals surface area contributed by atoms with Gasteiger partial charge < -0.3 is 44.3 Å². The molecule has 2 saturated heterocycles. The van der Waals surface area contributed by atoms with Crippen molar-refractivity contribution in [2.75, 3.05) is 27.9 Å². The van der Waals surface area contributed by atoms with E-state index in [1.165, 1.54) is 38.4 Å². The summed E-state index contributed by atoms with van der Waals surface area (Å²) in [5, 5.41) is 54.9. The van der Waals surface area contributed by atoms with Gasteiger partial charge in [-0.1, -0.05) is 87.2 Å². The van der Waals surface area contributed by atoms with Gasteiger partial charge >= 0.3 is 5.97 Å². The normalized spacial score (nSPS) is 18.7. The zero-order valence-corrected chi connectivity index (χ0v) is 50.3. The highest BCUT2D eigenvalue weighted by atomic mass is 79.9. The number of aliphatic hydroxyl groups excluding tert-OH is 4. The second-order valence-corrected chi connectivity index (χ2v) is 23.8. The number of carbonyl (C=O) groups is 2. The lowest BCUT2D eigenvalue weighted by atomic mass is 9.77. The highest BCUT2D eigenvalue weighted by Crippen LogP contribution is 2.51. The number of amides is 1. The maximum atomic E-state index is 13.0. The summed E-state index contributed by atoms with van der Waals surface area (Å²) in [5.41, 5.74) is 9.07. The summed E-state index contributed by atoms with van der Waals surface area (Å²) < 4.78 is 22.0. The van der Waals surface area contributed by atoms with Gasteiger partial charge in [0.05, 0.1) is 53.4 Å². The number of methoxy groups -OCH3 is 3. The average Bonchev–Trinajstić information content (AvgIpc) is 2.05. The number of ether oxygens (including phenoxy) is 4. The Labute approximate surface area is 488 Å². The summed E-state index contributed by atoms with van der Waals surface area (Å²) in [7, 11) is 4.86. The molecule has 3 heterocycles. The van der Waals surface area contributed by atoms with Crippen molar-refractivity contribution in [3.63, 3.8) is 0 Å². The summed E-state index contributed by atoms with van der Waals surface area (Å²) in [4.78, 5) is 30.0. The largest absolute Gasteiger partial charge is 0.496 e. The molecule has 12 nitrogen and oxygen atoms in total. The van der Waals surface area contributed by atoms with Gasteiger partial charge in [-0.15, -0.1) is 0 Å². The first-order valence-corrected chi connectivity index (χ1v) is 29.4. The molecule has 3 unspecified atom stereocenters. The molecule has 0 aliphatic carbocycles. The van der Waals surface area contributed by atoms with E-state index in [1.807, 2.05) is 51.1 Å². The number of nitrogens with zero attached hydrogens (tertiary/aromatic N) is 2. The van der Waals surface area contributed by atoms with E-state index < -0.39 is 11.6 Å². The van der Waals surface area contributed by atoms with Crippen molar-refractivity contribution in [1.29, 1.82) is 0 Å². The number of benzene rings is 9. The van der Waals surface area contributed by atoms with Gasteiger partial charge in [-0.05, 0) is 210 Å². The second kappa shape index (κ2) is 23.4. The fraction of sp³-hybridized carbons (Fsp3) is 0.362. The van der Waals surface area contributed by atoms with Crippen LogP contribution in [0.5, 0.6) is 17.2 Å². The molecule has 0 spiro atoms. The first-order valence-electron chi connectivity index (χ1n) is 28.3. The SMILES string of the molecule is COc1cc2c(CBr)cc3ccc(C)cc3c2cc1CO.COc1cc2c(CN3C(=O)CCC3(C)C(=O)OC(C)C)cc3ccc(C)cc3c2cc1CO.COc1cc2c3c(c4ccc(C)cc4c2cc1CO)C(O)C1(C)CCCN1C3. The molecule has 3 atom stereocenters. The number of hydrogen-bond acceptors (Lipinski definition) is 11. The molecule has 82 heavy (non-hydrogen) atoms. The van der Waals surface area contributed by atoms with Crippen LogP contribution in [0.1, 0.15) is 115 Å². The molecule has 0 bridgehead atoms. The number of alkyl halides is 1. The Bertz CT molecular complexity index is 3990. The quantitative estimate of drug-likeness (QED) is 0.0555. The third kappa shape index (κ3) is 10.4. The predicted molar refractivity (Wildman–Crippen MR) is 331 cm³/mol. The van der Waals surface area contributed by atoms with Crippen molar-refractivity contribution >= 4 is 92.4 Å². The number of fused-ring (bicyclic) bond motifs is 13. The van der Waals surface area contributed by atoms with Gasteiger partial charge in [0.25, 0.3) is 0 Å². The van der Waals surface area contributed by atoms with Gasteiger partial charge in [-0.25, -0.2) is 4.79 Å². The summed E-state index contributed by atoms with van der Waals surface area (Å²) in [6.07, 6.45) is 2.11. The lowest BCUT2D eigenvalue weighted by molar-refractivity contribution is -0.162. The number of halogens is 1. The maximum absolute atomic E-state index is 13.0. The molecule has 3 aliphatic heterocycles. The summed E-state index contributed by atoms with van der Waals surface area (Å²) >= 11 is 3.57. The maximum Gasteiger partial charge on any atom is 0.332 e. The first-order chi connectivity index (χ1) is 39.3. The Balaban J connectivity index is 0.000000141. The molecular formula is C69H75BrN2O10. The van der Waals surface area contributed by atoms with Gasteiger partial charge in [-0.3, -0.25) is 9.69 Å². The number of aliphatic hydroxyl groups is 4. The van der Waals surface area contributed by atoms with Crippen molar-refractivity contribution in [1.82, 2.24) is 9.80 Å². The molecule has 9 aromatic rings. The van der Waals surface area contributed by atoms with Crippen molar-refractivity contribution < 1.29 is 49.0 Å². The predicted octanol–water partition coefficient (Wildman–Crippen LogP) is 13.5. The minimum absolute atomic E-state index is 0.0229. The molecule has 0 aromatic heterocycles. The summed E-state index contributed by atoms with van der Waals surface area (Å²) in [6, 6.07) is 35.5. The number of esters is 1. The smallest absolute Gasteiger partial charge is 0.332 e. The Morgan fingerprint density at radius 2 is 1.09 bits per heavy atom. The zero-order chi connectivity index (χ0) is 58.5. The Morgan fingerprint density at radius 3 is 1.60 bits per heavy atom. The topological polar surface area (TPSA) is 158 Å². The molecule has 9 aromatic carbocycles. The van der Waals surface area contributed by atoms with E-state index in [0.717, 1.165) is 113 Å². The molecule has 3 aliphatic rings. The Hall–Kier alpha value is -6.84. The van der Waals surface area contributed by atoms with Crippen LogP contribution in [-0.4, -0.2) is 87.2 Å². The second-order valence-electron chi connectivity index (χ2n) is 23.2. The van der Waals surface area contributed by atoms with E-state index in [4.69, 9.17) is 18.9 Å². The fourth-order valence-corrected chi connectivity index (χ4v) is 13.5. The summed E-state index contributed by atoms with van der Waals surface area (Å²) in [5.74, 6) is 1.60. The van der Waals surface area contributed by atoms with Crippen LogP contribution in [0.4, 0.5) is 0 Å². The number of hydrogen-bond donors (Lipinski definition) is 4. The van der Waals surface area contributed by atoms with Gasteiger partial charge in [0.15, 0.2) is 0 Å². The molecule has 2 fully saturated rings. The van der Waals surface area contributed by atoms with Crippen LogP contribution >= 0.6 is 15.9 Å². The fourth-order valence-electron chi connectivity index (χ4n) is 13.0. The highest BCUT2D eigenvalue weighted by molar-refractivity contribution is 9.08. The minimum atomic E-state index is -1.01. The van der Waals surface area contributed by atoms with E-state index >= 15 is 0 Å². The van der Waals surface area contributed by atoms with E-state index in [9.17, 15) is 30.0 Å². The third-order valence-electron chi connectivity index (χ3n) is 17.5. The van der Waals surface area contributed by atoms with Crippen LogP contribution in [0.3, 0.4) is 0 Å². The summed E-state index contributed by atoms with van der Waals surface area (Å²) in [6.45, 7) is 15.8. The van der Waals surface area contributed by atoms with E-state index in [2.05, 4.69) is 114 Å². The van der Waals surface area contributed by atoms with Crippen molar-refractivity contribution in [2.24, 2.45) is 0 Å². The number of likely N-dealkylation sites (tertiary alicyclic amines) is 1. The third-order valence-corrected chi connectivity index (χ3v) is 18.2. The highest BCUT2D eigenvalue weighted by Gasteiger charge is 2.50. The Morgan fingerprint density at radius 1 is 0.610 bits per heavy atom. The number of aryl methyl sites for hydroxylation is 3. The van der Waals surface area contributed by atoms with Crippen LogP contribution < -0.4 is 14.2 Å². The lowest BCUT2D eigenvalue weighted by Crippen LogP contribution is -2.50. The van der Waals surface area contributed by atoms with Crippen LogP contribution in [0.15, 0.2) is 103 Å². The molecule has 1 amide bonds. The van der Waals surface area contributed by atoms with E-state index in [1.54, 1.807) is 33.2 Å². The lowest BCUT2D eigenvalue weighted by Gasteiger charge is -2.45. The Kier molecular flexibility index (Phi) is 16.7. The van der Waals surface area contributed by atoms with Crippen LogP contribution in [0.25, 0.3) is 64.6 Å².